The van der Waals surface area contributed by atoms with Crippen molar-refractivity contribution in [3.05, 3.63) is 0 Å². The molecule has 0 N–H and O–H groups in total. The maximum Gasteiger partial charge on any atom is 0.0575 e. The molecular formula is C8H21NO. The lowest BCUT2D eigenvalue weighted by atomic mass is 10.5. The molecule has 0 spiro atoms. The highest BCUT2D eigenvalue weighted by Crippen LogP contribution is 1.87. The van der Waals surface area contributed by atoms with E-state index in [0.717, 1.165) is 19.5 Å². The van der Waals surface area contributed by atoms with Crippen LogP contribution in [0.5, 0.6) is 0 Å². The van der Waals surface area contributed by atoms with Gasteiger partial charge in [-0.3, -0.25) is 0 Å². The number of nitrogens with zero attached hydrogens (tertiary/aromatic N) is 1. The molecular weight excluding hydrogens is 126 g/mol. The number of rotatable bonds is 4. The summed E-state index contributed by atoms with van der Waals surface area (Å²) in [5.74, 6) is 0. The molecule has 64 valence electrons. The van der Waals surface area contributed by atoms with Crippen molar-refractivity contribution in [1.82, 2.24) is 5.06 Å². The van der Waals surface area contributed by atoms with Crippen molar-refractivity contribution >= 4 is 0 Å². The second kappa shape index (κ2) is 11.7. The zero-order valence-corrected chi connectivity index (χ0v) is 7.98. The summed E-state index contributed by atoms with van der Waals surface area (Å²) in [5.41, 5.74) is 0. The molecule has 0 saturated carbocycles. The van der Waals surface area contributed by atoms with Crippen LogP contribution in [0.4, 0.5) is 0 Å². The molecule has 0 aromatic rings. The number of hydroxylamine groups is 2. The normalized spacial score (nSPS) is 9.00. The molecule has 0 aliphatic rings. The molecule has 0 aliphatic heterocycles. The van der Waals surface area contributed by atoms with Gasteiger partial charge in [-0.1, -0.05) is 27.7 Å². The molecule has 0 atom stereocenters. The van der Waals surface area contributed by atoms with Gasteiger partial charge < -0.3 is 4.84 Å². The third-order valence-electron chi connectivity index (χ3n) is 1.08. The van der Waals surface area contributed by atoms with Gasteiger partial charge >= 0.3 is 0 Å². The summed E-state index contributed by atoms with van der Waals surface area (Å²) >= 11 is 0. The Morgan fingerprint density at radius 1 is 1.20 bits per heavy atom. The van der Waals surface area contributed by atoms with Gasteiger partial charge in [0.05, 0.1) is 7.11 Å². The Labute approximate surface area is 65.1 Å². The molecule has 2 heteroatoms. The van der Waals surface area contributed by atoms with E-state index in [1.807, 2.05) is 18.9 Å². The smallest absolute Gasteiger partial charge is 0.0575 e. The van der Waals surface area contributed by atoms with Gasteiger partial charge in [-0.2, -0.15) is 5.06 Å². The van der Waals surface area contributed by atoms with Gasteiger partial charge in [0.1, 0.15) is 0 Å². The molecule has 0 aromatic carbocycles. The van der Waals surface area contributed by atoms with E-state index in [4.69, 9.17) is 4.84 Å². The van der Waals surface area contributed by atoms with Gasteiger partial charge in [-0.15, -0.1) is 0 Å². The minimum absolute atomic E-state index is 0.977. The fourth-order valence-corrected chi connectivity index (χ4v) is 0.628. The zero-order valence-electron chi connectivity index (χ0n) is 7.98. The number of hydrogen-bond acceptors (Lipinski definition) is 2. The minimum Gasteiger partial charge on any atom is -0.302 e. The summed E-state index contributed by atoms with van der Waals surface area (Å²) in [5, 5.41) is 1.93. The van der Waals surface area contributed by atoms with Crippen molar-refractivity contribution in [3.8, 4) is 0 Å². The van der Waals surface area contributed by atoms with E-state index in [1.165, 1.54) is 0 Å². The van der Waals surface area contributed by atoms with E-state index >= 15 is 0 Å². The predicted octanol–water partition coefficient (Wildman–Crippen LogP) is 2.31. The molecule has 0 aliphatic carbocycles. The Morgan fingerprint density at radius 2 is 1.70 bits per heavy atom. The van der Waals surface area contributed by atoms with Crippen LogP contribution in [0.3, 0.4) is 0 Å². The van der Waals surface area contributed by atoms with Gasteiger partial charge in [0, 0.05) is 13.1 Å². The first-order valence-corrected chi connectivity index (χ1v) is 4.14. The topological polar surface area (TPSA) is 12.5 Å². The van der Waals surface area contributed by atoms with Crippen molar-refractivity contribution < 1.29 is 4.84 Å². The minimum atomic E-state index is 0.977. The first kappa shape index (κ1) is 12.6. The molecule has 10 heavy (non-hydrogen) atoms. The average molecular weight is 147 g/mol. The van der Waals surface area contributed by atoms with Crippen LogP contribution in [0.2, 0.25) is 0 Å². The average Bonchev–Trinajstić information content (AvgIpc) is 2.04. The summed E-state index contributed by atoms with van der Waals surface area (Å²) in [6.45, 7) is 10.2. The van der Waals surface area contributed by atoms with Crippen molar-refractivity contribution in [1.29, 1.82) is 0 Å². The molecule has 0 unspecified atom stereocenters. The van der Waals surface area contributed by atoms with Gasteiger partial charge in [-0.25, -0.2) is 0 Å². The summed E-state index contributed by atoms with van der Waals surface area (Å²) in [6.07, 6.45) is 1.15. The lowest BCUT2D eigenvalue weighted by Crippen LogP contribution is -2.22. The van der Waals surface area contributed by atoms with Crippen LogP contribution in [0.25, 0.3) is 0 Å². The summed E-state index contributed by atoms with van der Waals surface area (Å²) in [7, 11) is 1.71. The summed E-state index contributed by atoms with van der Waals surface area (Å²) in [4.78, 5) is 4.97. The van der Waals surface area contributed by atoms with E-state index in [0.29, 0.717) is 0 Å². The van der Waals surface area contributed by atoms with Crippen molar-refractivity contribution in [3.63, 3.8) is 0 Å². The Morgan fingerprint density at radius 3 is 1.80 bits per heavy atom. The van der Waals surface area contributed by atoms with E-state index < -0.39 is 0 Å². The van der Waals surface area contributed by atoms with E-state index in [-0.39, 0.29) is 0 Å². The van der Waals surface area contributed by atoms with Crippen molar-refractivity contribution in [2.75, 3.05) is 20.2 Å². The van der Waals surface area contributed by atoms with E-state index in [1.54, 1.807) is 7.11 Å². The van der Waals surface area contributed by atoms with E-state index in [9.17, 15) is 0 Å². The highest BCUT2D eigenvalue weighted by molar-refractivity contribution is 4.36. The SMILES string of the molecule is CC.CCCN(CC)OC. The Bertz CT molecular complexity index is 44.5. The standard InChI is InChI=1S/C6H15NO.C2H6/c1-4-6-7(5-2)8-3;1-2/h4-6H2,1-3H3;1-2H3. The van der Waals surface area contributed by atoms with Crippen LogP contribution in [-0.4, -0.2) is 25.3 Å². The molecule has 0 rings (SSSR count). The largest absolute Gasteiger partial charge is 0.302 e. The summed E-state index contributed by atoms with van der Waals surface area (Å²) in [6, 6.07) is 0. The highest BCUT2D eigenvalue weighted by Gasteiger charge is 1.93. The monoisotopic (exact) mass is 147 g/mol. The first-order chi connectivity index (χ1) is 4.85. The van der Waals surface area contributed by atoms with Crippen LogP contribution in [0, 0.1) is 0 Å². The molecule has 0 heterocycles. The second-order valence-corrected chi connectivity index (χ2v) is 1.70. The Hall–Kier alpha value is -0.0800. The summed E-state index contributed by atoms with van der Waals surface area (Å²) < 4.78 is 0. The van der Waals surface area contributed by atoms with Crippen LogP contribution in [0.15, 0.2) is 0 Å². The van der Waals surface area contributed by atoms with Crippen LogP contribution in [0.1, 0.15) is 34.1 Å². The second-order valence-electron chi connectivity index (χ2n) is 1.70. The third kappa shape index (κ3) is 7.92. The van der Waals surface area contributed by atoms with Gasteiger partial charge in [-0.05, 0) is 6.42 Å². The van der Waals surface area contributed by atoms with Crippen molar-refractivity contribution in [2.45, 2.75) is 34.1 Å². The quantitative estimate of drug-likeness (QED) is 0.566. The van der Waals surface area contributed by atoms with Crippen LogP contribution in [-0.2, 0) is 4.84 Å². The molecule has 0 saturated heterocycles. The van der Waals surface area contributed by atoms with Crippen LogP contribution >= 0.6 is 0 Å². The maximum atomic E-state index is 4.97. The highest BCUT2D eigenvalue weighted by atomic mass is 16.7. The Kier molecular flexibility index (Phi) is 14.7. The molecule has 0 fully saturated rings. The zero-order chi connectivity index (χ0) is 8.41. The molecule has 0 radical (unpaired) electrons. The number of hydrogen-bond donors (Lipinski definition) is 0. The molecule has 0 aromatic heterocycles. The molecule has 0 bridgehead atoms. The van der Waals surface area contributed by atoms with Gasteiger partial charge in [0.15, 0.2) is 0 Å². The fourth-order valence-electron chi connectivity index (χ4n) is 0.628. The van der Waals surface area contributed by atoms with Crippen LogP contribution < -0.4 is 0 Å². The van der Waals surface area contributed by atoms with Gasteiger partial charge in [0.2, 0.25) is 0 Å². The molecule has 2 nitrogen and oxygen atoms in total. The Balaban J connectivity index is 0. The maximum absolute atomic E-state index is 4.97. The first-order valence-electron chi connectivity index (χ1n) is 4.14. The lowest BCUT2D eigenvalue weighted by molar-refractivity contribution is -0.127. The molecule has 0 amide bonds. The predicted molar refractivity (Wildman–Crippen MR) is 45.9 cm³/mol. The fraction of sp³-hybridized carbons (Fsp3) is 1.00. The third-order valence-corrected chi connectivity index (χ3v) is 1.08. The van der Waals surface area contributed by atoms with E-state index in [2.05, 4.69) is 13.8 Å². The van der Waals surface area contributed by atoms with Gasteiger partial charge in [0.25, 0.3) is 0 Å². The van der Waals surface area contributed by atoms with Crippen molar-refractivity contribution in [2.24, 2.45) is 0 Å². The lowest BCUT2D eigenvalue weighted by Gasteiger charge is -2.14.